The Morgan fingerprint density at radius 1 is 1.08 bits per heavy atom. The first-order valence-electron chi connectivity index (χ1n) is 6.47. The van der Waals surface area contributed by atoms with Gasteiger partial charge in [0.1, 0.15) is 5.75 Å². The maximum atomic E-state index is 13.7. The van der Waals surface area contributed by atoms with Crippen LogP contribution in [-0.2, 0) is 10.0 Å². The molecule has 2 aromatic rings. The largest absolute Gasteiger partial charge is 0.495 e. The Balaban J connectivity index is 2.43. The van der Waals surface area contributed by atoms with Crippen LogP contribution in [0.3, 0.4) is 0 Å². The number of non-ortho nitro benzene ring substituents is 1. The summed E-state index contributed by atoms with van der Waals surface area (Å²) in [5.74, 6) is -0.883. The van der Waals surface area contributed by atoms with Crippen molar-refractivity contribution in [3.63, 3.8) is 0 Å². The molecule has 128 valence electrons. The van der Waals surface area contributed by atoms with Gasteiger partial charge in [0.05, 0.1) is 29.7 Å². The minimum Gasteiger partial charge on any atom is -0.495 e. The number of anilines is 1. The van der Waals surface area contributed by atoms with Crippen LogP contribution in [0.4, 0.5) is 15.8 Å². The Kier molecular flexibility index (Phi) is 4.88. The van der Waals surface area contributed by atoms with Gasteiger partial charge in [-0.05, 0) is 24.3 Å². The summed E-state index contributed by atoms with van der Waals surface area (Å²) in [5.41, 5.74) is -0.461. The highest BCUT2D eigenvalue weighted by atomic mass is 32.2. The van der Waals surface area contributed by atoms with Gasteiger partial charge in [0.25, 0.3) is 15.7 Å². The highest BCUT2D eigenvalue weighted by Gasteiger charge is 2.20. The predicted molar refractivity (Wildman–Crippen MR) is 83.4 cm³/mol. The summed E-state index contributed by atoms with van der Waals surface area (Å²) in [6, 6.07) is 6.53. The molecule has 0 radical (unpaired) electrons. The van der Waals surface area contributed by atoms with Gasteiger partial charge in [-0.2, -0.15) is 0 Å². The van der Waals surface area contributed by atoms with Crippen LogP contribution in [0.1, 0.15) is 0 Å². The molecule has 0 aliphatic carbocycles. The summed E-state index contributed by atoms with van der Waals surface area (Å²) in [6.45, 7) is 0. The lowest BCUT2D eigenvalue weighted by Crippen LogP contribution is -2.14. The molecule has 0 aromatic heterocycles. The zero-order chi connectivity index (χ0) is 17.9. The van der Waals surface area contributed by atoms with Crippen molar-refractivity contribution < 1.29 is 27.2 Å². The lowest BCUT2D eigenvalue weighted by molar-refractivity contribution is -0.384. The van der Waals surface area contributed by atoms with E-state index in [0.29, 0.717) is 0 Å². The number of hydrogen-bond acceptors (Lipinski definition) is 6. The van der Waals surface area contributed by atoms with E-state index in [1.54, 1.807) is 0 Å². The van der Waals surface area contributed by atoms with Crippen molar-refractivity contribution in [2.45, 2.75) is 4.90 Å². The molecule has 0 aliphatic rings. The van der Waals surface area contributed by atoms with E-state index in [1.165, 1.54) is 26.4 Å². The van der Waals surface area contributed by atoms with Gasteiger partial charge >= 0.3 is 0 Å². The number of sulfonamides is 1. The van der Waals surface area contributed by atoms with Crippen molar-refractivity contribution in [1.29, 1.82) is 0 Å². The van der Waals surface area contributed by atoms with Crippen molar-refractivity contribution in [1.82, 2.24) is 0 Å². The summed E-state index contributed by atoms with van der Waals surface area (Å²) in [4.78, 5) is 9.78. The van der Waals surface area contributed by atoms with E-state index in [-0.39, 0.29) is 27.8 Å². The summed E-state index contributed by atoms with van der Waals surface area (Å²) in [5, 5.41) is 10.8. The number of nitro groups is 1. The van der Waals surface area contributed by atoms with E-state index < -0.39 is 20.8 Å². The molecule has 0 heterocycles. The third kappa shape index (κ3) is 3.54. The third-order valence-electron chi connectivity index (χ3n) is 3.07. The molecule has 2 rings (SSSR count). The van der Waals surface area contributed by atoms with Crippen LogP contribution >= 0.6 is 0 Å². The number of rotatable bonds is 6. The van der Waals surface area contributed by atoms with Crippen molar-refractivity contribution in [2.24, 2.45) is 0 Å². The molecule has 0 fully saturated rings. The summed E-state index contributed by atoms with van der Waals surface area (Å²) < 4.78 is 50.3. The van der Waals surface area contributed by atoms with Gasteiger partial charge in [-0.1, -0.05) is 0 Å². The number of nitrogens with zero attached hydrogens (tertiary/aromatic N) is 1. The first-order valence-corrected chi connectivity index (χ1v) is 7.95. The maximum Gasteiger partial charge on any atom is 0.271 e. The van der Waals surface area contributed by atoms with Gasteiger partial charge in [0.15, 0.2) is 11.6 Å². The van der Waals surface area contributed by atoms with Gasteiger partial charge in [-0.25, -0.2) is 12.8 Å². The molecule has 0 spiro atoms. The number of benzene rings is 2. The normalized spacial score (nSPS) is 11.0. The fraction of sp³-hybridized carbons (Fsp3) is 0.143. The summed E-state index contributed by atoms with van der Waals surface area (Å²) in [6.07, 6.45) is 0. The number of halogens is 1. The van der Waals surface area contributed by atoms with E-state index in [9.17, 15) is 22.9 Å². The predicted octanol–water partition coefficient (Wildman–Crippen LogP) is 2.55. The number of ether oxygens (including phenoxy) is 2. The fourth-order valence-electron chi connectivity index (χ4n) is 1.91. The highest BCUT2D eigenvalue weighted by Crippen LogP contribution is 2.31. The van der Waals surface area contributed by atoms with E-state index in [4.69, 9.17) is 9.47 Å². The van der Waals surface area contributed by atoms with Crippen LogP contribution < -0.4 is 14.2 Å². The van der Waals surface area contributed by atoms with E-state index in [1.807, 2.05) is 0 Å². The molecule has 0 unspecified atom stereocenters. The van der Waals surface area contributed by atoms with Crippen LogP contribution in [0, 0.1) is 15.9 Å². The highest BCUT2D eigenvalue weighted by molar-refractivity contribution is 7.92. The molecule has 0 atom stereocenters. The minimum atomic E-state index is -4.18. The average Bonchev–Trinajstić information content (AvgIpc) is 2.54. The Hall–Kier alpha value is -2.88. The van der Waals surface area contributed by atoms with Crippen molar-refractivity contribution in [2.75, 3.05) is 18.9 Å². The zero-order valence-corrected chi connectivity index (χ0v) is 13.5. The molecule has 0 amide bonds. The molecule has 0 aliphatic heterocycles. The number of nitrogens with one attached hydrogen (secondary N) is 1. The molecular formula is C14H13FN2O6S. The summed E-state index contributed by atoms with van der Waals surface area (Å²) >= 11 is 0. The quantitative estimate of drug-likeness (QED) is 0.629. The number of methoxy groups -OCH3 is 2. The van der Waals surface area contributed by atoms with Crippen LogP contribution in [0.5, 0.6) is 11.5 Å². The second-order valence-corrected chi connectivity index (χ2v) is 6.23. The Bertz CT molecular complexity index is 885. The van der Waals surface area contributed by atoms with Crippen LogP contribution in [0.2, 0.25) is 0 Å². The van der Waals surface area contributed by atoms with Gasteiger partial charge in [-0.3, -0.25) is 14.8 Å². The standard InChI is InChI=1S/C14H13FN2O6S/c1-22-13-6-4-10(8-11(13)15)24(20,21)16-12-7-9(17(18)19)3-5-14(12)23-2/h3-8,16H,1-2H3. The number of nitro benzene ring substituents is 1. The fourth-order valence-corrected chi connectivity index (χ4v) is 2.98. The van der Waals surface area contributed by atoms with Crippen molar-refractivity contribution >= 4 is 21.4 Å². The van der Waals surface area contributed by atoms with Crippen molar-refractivity contribution in [3.8, 4) is 11.5 Å². The summed E-state index contributed by atoms with van der Waals surface area (Å²) in [7, 11) is -1.65. The maximum absolute atomic E-state index is 13.7. The first-order chi connectivity index (χ1) is 11.3. The molecule has 8 nitrogen and oxygen atoms in total. The second kappa shape index (κ2) is 6.71. The average molecular weight is 356 g/mol. The molecule has 2 aromatic carbocycles. The minimum absolute atomic E-state index is 0.0816. The smallest absolute Gasteiger partial charge is 0.271 e. The molecule has 0 bridgehead atoms. The lowest BCUT2D eigenvalue weighted by atomic mass is 10.2. The van der Waals surface area contributed by atoms with E-state index in [2.05, 4.69) is 4.72 Å². The topological polar surface area (TPSA) is 108 Å². The Morgan fingerprint density at radius 2 is 1.71 bits per heavy atom. The SMILES string of the molecule is COc1ccc(S(=O)(=O)Nc2cc([N+](=O)[O-])ccc2OC)cc1F. The third-order valence-corrected chi connectivity index (χ3v) is 4.43. The van der Waals surface area contributed by atoms with Gasteiger partial charge < -0.3 is 9.47 Å². The first kappa shape index (κ1) is 17.5. The Morgan fingerprint density at radius 3 is 2.25 bits per heavy atom. The van der Waals surface area contributed by atoms with Gasteiger partial charge in [0, 0.05) is 12.1 Å². The van der Waals surface area contributed by atoms with Gasteiger partial charge in [0.2, 0.25) is 0 Å². The lowest BCUT2D eigenvalue weighted by Gasteiger charge is -2.12. The molecular weight excluding hydrogens is 343 g/mol. The second-order valence-electron chi connectivity index (χ2n) is 4.54. The van der Waals surface area contributed by atoms with Crippen LogP contribution in [-0.4, -0.2) is 27.6 Å². The van der Waals surface area contributed by atoms with E-state index >= 15 is 0 Å². The Labute approximate surface area is 137 Å². The van der Waals surface area contributed by atoms with Crippen molar-refractivity contribution in [3.05, 3.63) is 52.3 Å². The van der Waals surface area contributed by atoms with Crippen LogP contribution in [0.15, 0.2) is 41.3 Å². The molecule has 10 heteroatoms. The molecule has 1 N–H and O–H groups in total. The zero-order valence-electron chi connectivity index (χ0n) is 12.6. The van der Waals surface area contributed by atoms with Gasteiger partial charge in [-0.15, -0.1) is 0 Å². The van der Waals surface area contributed by atoms with Crippen LogP contribution in [0.25, 0.3) is 0 Å². The molecule has 0 saturated carbocycles. The molecule has 0 saturated heterocycles. The van der Waals surface area contributed by atoms with E-state index in [0.717, 1.165) is 24.3 Å². The monoisotopic (exact) mass is 356 g/mol. The molecule has 24 heavy (non-hydrogen) atoms. The number of hydrogen-bond donors (Lipinski definition) is 1.